The second-order valence-corrected chi connectivity index (χ2v) is 4.36. The third-order valence-corrected chi connectivity index (χ3v) is 2.95. The lowest BCUT2D eigenvalue weighted by Crippen LogP contribution is -2.06. The van der Waals surface area contributed by atoms with Crippen molar-refractivity contribution in [2.24, 2.45) is 0 Å². The van der Waals surface area contributed by atoms with Crippen molar-refractivity contribution in [3.05, 3.63) is 51.5 Å². The Morgan fingerprint density at radius 1 is 1.35 bits per heavy atom. The van der Waals surface area contributed by atoms with Crippen molar-refractivity contribution in [3.8, 4) is 5.82 Å². The molecule has 0 amide bonds. The summed E-state index contributed by atoms with van der Waals surface area (Å²) in [6.07, 6.45) is 3.46. The van der Waals surface area contributed by atoms with Crippen molar-refractivity contribution in [1.29, 1.82) is 0 Å². The highest BCUT2D eigenvalue weighted by Gasteiger charge is 2.07. The number of aromatic amines is 1. The van der Waals surface area contributed by atoms with Gasteiger partial charge < -0.3 is 4.98 Å². The number of rotatable bonds is 1. The van der Waals surface area contributed by atoms with Crippen molar-refractivity contribution >= 4 is 27.0 Å². The normalized spacial score (nSPS) is 10.9. The second-order valence-electron chi connectivity index (χ2n) is 3.50. The van der Waals surface area contributed by atoms with Crippen LogP contribution in [0.1, 0.15) is 0 Å². The van der Waals surface area contributed by atoms with Gasteiger partial charge in [-0.25, -0.2) is 9.67 Å². The Balaban J connectivity index is 2.33. The minimum absolute atomic E-state index is 0.168. The molecular weight excluding hydrogens is 284 g/mol. The third kappa shape index (κ3) is 1.76. The number of aromatic nitrogens is 4. The van der Waals surface area contributed by atoms with Gasteiger partial charge >= 0.3 is 0 Å². The van der Waals surface area contributed by atoms with Crippen molar-refractivity contribution in [1.82, 2.24) is 19.7 Å². The Bertz CT molecular complexity index is 733. The van der Waals surface area contributed by atoms with Gasteiger partial charge in [0.2, 0.25) is 5.56 Å². The first-order chi connectivity index (χ1) is 8.24. The molecule has 1 N–H and O–H groups in total. The van der Waals surface area contributed by atoms with E-state index in [2.05, 4.69) is 31.0 Å². The van der Waals surface area contributed by atoms with Crippen molar-refractivity contribution in [2.45, 2.75) is 0 Å². The van der Waals surface area contributed by atoms with E-state index in [4.69, 9.17) is 0 Å². The topological polar surface area (TPSA) is 63.6 Å². The van der Waals surface area contributed by atoms with E-state index in [0.29, 0.717) is 11.5 Å². The SMILES string of the molecule is O=c1ccc2cc(Br)c(-n3cccn3)nc2[nH]1. The van der Waals surface area contributed by atoms with Crippen LogP contribution in [0.15, 0.2) is 45.9 Å². The summed E-state index contributed by atoms with van der Waals surface area (Å²) in [6.45, 7) is 0. The molecule has 0 saturated heterocycles. The molecule has 0 unspecified atom stereocenters. The van der Waals surface area contributed by atoms with E-state index < -0.39 is 0 Å². The van der Waals surface area contributed by atoms with Gasteiger partial charge in [-0.1, -0.05) is 0 Å². The summed E-state index contributed by atoms with van der Waals surface area (Å²) in [7, 11) is 0. The van der Waals surface area contributed by atoms with Gasteiger partial charge in [-0.15, -0.1) is 0 Å². The quantitative estimate of drug-likeness (QED) is 0.744. The highest BCUT2D eigenvalue weighted by atomic mass is 79.9. The monoisotopic (exact) mass is 290 g/mol. The summed E-state index contributed by atoms with van der Waals surface area (Å²) in [5, 5.41) is 4.98. The van der Waals surface area contributed by atoms with Crippen LogP contribution in [0, 0.1) is 0 Å². The molecule has 0 atom stereocenters. The fourth-order valence-corrected chi connectivity index (χ4v) is 2.12. The number of halogens is 1. The van der Waals surface area contributed by atoms with E-state index in [0.717, 1.165) is 9.86 Å². The van der Waals surface area contributed by atoms with Gasteiger partial charge in [-0.3, -0.25) is 4.79 Å². The highest BCUT2D eigenvalue weighted by molar-refractivity contribution is 9.10. The molecule has 3 aromatic heterocycles. The Kier molecular flexibility index (Phi) is 2.29. The van der Waals surface area contributed by atoms with Crippen LogP contribution in [0.5, 0.6) is 0 Å². The third-order valence-electron chi connectivity index (χ3n) is 2.36. The summed E-state index contributed by atoms with van der Waals surface area (Å²) in [5.41, 5.74) is 0.380. The first-order valence-corrected chi connectivity index (χ1v) is 5.73. The van der Waals surface area contributed by atoms with Gasteiger partial charge in [0.1, 0.15) is 5.65 Å². The van der Waals surface area contributed by atoms with E-state index in [1.54, 1.807) is 23.1 Å². The van der Waals surface area contributed by atoms with Crippen molar-refractivity contribution in [2.75, 3.05) is 0 Å². The van der Waals surface area contributed by atoms with E-state index in [1.165, 1.54) is 6.07 Å². The fourth-order valence-electron chi connectivity index (χ4n) is 1.60. The van der Waals surface area contributed by atoms with Crippen molar-refractivity contribution < 1.29 is 0 Å². The maximum absolute atomic E-state index is 11.2. The van der Waals surface area contributed by atoms with Crippen LogP contribution in [0.3, 0.4) is 0 Å². The van der Waals surface area contributed by atoms with Crippen LogP contribution in [-0.2, 0) is 0 Å². The van der Waals surface area contributed by atoms with E-state index in [1.807, 2.05) is 12.1 Å². The highest BCUT2D eigenvalue weighted by Crippen LogP contribution is 2.22. The zero-order valence-electron chi connectivity index (χ0n) is 8.59. The van der Waals surface area contributed by atoms with Crippen LogP contribution >= 0.6 is 15.9 Å². The molecule has 0 aliphatic heterocycles. The number of H-pyrrole nitrogens is 1. The lowest BCUT2D eigenvalue weighted by molar-refractivity contribution is 0.845. The summed E-state index contributed by atoms with van der Waals surface area (Å²) in [5.74, 6) is 0.643. The first kappa shape index (κ1) is 10.2. The number of hydrogen-bond acceptors (Lipinski definition) is 3. The maximum Gasteiger partial charge on any atom is 0.249 e. The molecule has 0 radical (unpaired) electrons. The smallest absolute Gasteiger partial charge is 0.249 e. The molecule has 0 aromatic carbocycles. The molecule has 3 rings (SSSR count). The number of pyridine rings is 2. The molecule has 17 heavy (non-hydrogen) atoms. The van der Waals surface area contributed by atoms with Gasteiger partial charge in [0.05, 0.1) is 4.47 Å². The summed E-state index contributed by atoms with van der Waals surface area (Å²) in [6, 6.07) is 6.92. The minimum atomic E-state index is -0.168. The molecular formula is C11H7BrN4O. The fraction of sp³-hybridized carbons (Fsp3) is 0. The molecule has 6 heteroatoms. The summed E-state index contributed by atoms with van der Waals surface area (Å²) in [4.78, 5) is 18.3. The second kappa shape index (κ2) is 3.81. The van der Waals surface area contributed by atoms with Crippen LogP contribution < -0.4 is 5.56 Å². The van der Waals surface area contributed by atoms with E-state index in [9.17, 15) is 4.79 Å². The Morgan fingerprint density at radius 2 is 2.24 bits per heavy atom. The molecule has 5 nitrogen and oxygen atoms in total. The van der Waals surface area contributed by atoms with Gasteiger partial charge in [0, 0.05) is 23.8 Å². The van der Waals surface area contributed by atoms with Gasteiger partial charge in [0.15, 0.2) is 5.82 Å². The van der Waals surface area contributed by atoms with Crippen LogP contribution in [0.25, 0.3) is 16.9 Å². The van der Waals surface area contributed by atoms with E-state index >= 15 is 0 Å². The lowest BCUT2D eigenvalue weighted by Gasteiger charge is -2.05. The lowest BCUT2D eigenvalue weighted by atomic mass is 10.3. The van der Waals surface area contributed by atoms with E-state index in [-0.39, 0.29) is 5.56 Å². The van der Waals surface area contributed by atoms with Crippen LogP contribution in [-0.4, -0.2) is 19.7 Å². The molecule has 0 aliphatic rings. The summed E-state index contributed by atoms with van der Waals surface area (Å²) < 4.78 is 2.45. The number of nitrogens with zero attached hydrogens (tertiary/aromatic N) is 3. The molecule has 3 aromatic rings. The largest absolute Gasteiger partial charge is 0.307 e. The number of fused-ring (bicyclic) bond motifs is 1. The van der Waals surface area contributed by atoms with Crippen molar-refractivity contribution in [3.63, 3.8) is 0 Å². The van der Waals surface area contributed by atoms with Crippen LogP contribution in [0.4, 0.5) is 0 Å². The molecule has 84 valence electrons. The number of hydrogen-bond donors (Lipinski definition) is 1. The Morgan fingerprint density at radius 3 is 3.00 bits per heavy atom. The predicted molar refractivity (Wildman–Crippen MR) is 67.2 cm³/mol. The van der Waals surface area contributed by atoms with Gasteiger partial charge in [-0.05, 0) is 34.1 Å². The molecule has 0 aliphatic carbocycles. The minimum Gasteiger partial charge on any atom is -0.307 e. The molecule has 0 fully saturated rings. The molecule has 0 saturated carbocycles. The predicted octanol–water partition coefficient (Wildman–Crippen LogP) is 1.87. The molecule has 3 heterocycles. The zero-order chi connectivity index (χ0) is 11.8. The maximum atomic E-state index is 11.2. The zero-order valence-corrected chi connectivity index (χ0v) is 10.2. The Hall–Kier alpha value is -1.95. The Labute approximate surface area is 104 Å². The first-order valence-electron chi connectivity index (χ1n) is 4.94. The van der Waals surface area contributed by atoms with Crippen LogP contribution in [0.2, 0.25) is 0 Å². The van der Waals surface area contributed by atoms with Gasteiger partial charge in [-0.2, -0.15) is 5.10 Å². The molecule has 0 spiro atoms. The average Bonchev–Trinajstić information content (AvgIpc) is 2.82. The number of nitrogens with one attached hydrogen (secondary N) is 1. The summed E-state index contributed by atoms with van der Waals surface area (Å²) >= 11 is 3.44. The molecule has 0 bridgehead atoms. The average molecular weight is 291 g/mol. The standard InChI is InChI=1S/C11H7BrN4O/c12-8-6-7-2-3-9(17)14-10(7)15-11(8)16-5-1-4-13-16/h1-6H,(H,14,15,17). The van der Waals surface area contributed by atoms with Gasteiger partial charge in [0.25, 0.3) is 0 Å².